The minimum Gasteiger partial charge on any atom is -0.389 e. The monoisotopic (exact) mass is 418 g/mol. The second-order valence-corrected chi connectivity index (χ2v) is 7.96. The average Bonchev–Trinajstić information content (AvgIpc) is 2.92. The summed E-state index contributed by atoms with van der Waals surface area (Å²) in [7, 11) is 1.77. The number of hydrogen-bond donors (Lipinski definition) is 2. The fourth-order valence-corrected chi connectivity index (χ4v) is 4.99. The number of fused-ring (bicyclic) bond motifs is 2. The molecule has 2 aromatic carbocycles. The molecule has 1 aliphatic carbocycles. The van der Waals surface area contributed by atoms with Gasteiger partial charge in [0, 0.05) is 6.54 Å². The van der Waals surface area contributed by atoms with Crippen LogP contribution in [0.4, 0.5) is 10.1 Å². The number of anilines is 1. The van der Waals surface area contributed by atoms with E-state index < -0.39 is 17.6 Å². The average molecular weight is 419 g/mol. The summed E-state index contributed by atoms with van der Waals surface area (Å²) in [5.41, 5.74) is 1.78. The fraction of sp³-hybridized carbons (Fsp3) is 0.435. The summed E-state index contributed by atoms with van der Waals surface area (Å²) in [5.74, 6) is -0.365. The number of amides is 1. The van der Waals surface area contributed by atoms with Crippen LogP contribution in [0.15, 0.2) is 48.5 Å². The molecule has 6 heteroatoms. The molecule has 1 saturated carbocycles. The fourth-order valence-electron chi connectivity index (χ4n) is 4.99. The predicted octanol–water partition coefficient (Wildman–Crippen LogP) is 4.12. The van der Waals surface area contributed by atoms with Gasteiger partial charge in [-0.25, -0.2) is 4.39 Å². The van der Waals surface area contributed by atoms with Crippen molar-refractivity contribution in [2.75, 3.05) is 18.5 Å². The molecule has 156 valence electrons. The third-order valence-electron chi connectivity index (χ3n) is 6.27. The topological polar surface area (TPSA) is 52.6 Å². The van der Waals surface area contributed by atoms with Crippen molar-refractivity contribution in [2.45, 2.75) is 49.7 Å². The number of hydrogen-bond acceptors (Lipinski definition) is 3. The molecule has 0 saturated heterocycles. The molecule has 2 aliphatic rings. The Kier molecular flexibility index (Phi) is 6.62. The smallest absolute Gasteiger partial charge is 0.238 e. The molecule has 1 aliphatic heterocycles. The number of nitrogens with zero attached hydrogens (tertiary/aromatic N) is 1. The Labute approximate surface area is 177 Å². The SMILES string of the molecule is CNC[C@@H](O)[C@H](c1ccccc1)N1C(=O)C2(CCCCC2)c2ccc(F)cc21.Cl. The maximum Gasteiger partial charge on any atom is 0.238 e. The first-order chi connectivity index (χ1) is 13.6. The van der Waals surface area contributed by atoms with Crippen molar-refractivity contribution in [1.29, 1.82) is 0 Å². The van der Waals surface area contributed by atoms with E-state index >= 15 is 0 Å². The Balaban J connectivity index is 0.00000240. The molecule has 29 heavy (non-hydrogen) atoms. The van der Waals surface area contributed by atoms with Gasteiger partial charge < -0.3 is 15.3 Å². The molecule has 0 aromatic heterocycles. The normalized spacial score (nSPS) is 19.6. The molecule has 4 rings (SSSR count). The molecular weight excluding hydrogens is 391 g/mol. The summed E-state index contributed by atoms with van der Waals surface area (Å²) in [4.78, 5) is 15.5. The van der Waals surface area contributed by atoms with Gasteiger partial charge in [-0.3, -0.25) is 4.79 Å². The van der Waals surface area contributed by atoms with Crippen molar-refractivity contribution in [3.8, 4) is 0 Å². The van der Waals surface area contributed by atoms with Crippen LogP contribution < -0.4 is 10.2 Å². The van der Waals surface area contributed by atoms with E-state index in [-0.39, 0.29) is 24.1 Å². The zero-order valence-electron chi connectivity index (χ0n) is 16.6. The number of halogens is 2. The summed E-state index contributed by atoms with van der Waals surface area (Å²) >= 11 is 0. The highest BCUT2D eigenvalue weighted by atomic mass is 35.5. The van der Waals surface area contributed by atoms with E-state index in [2.05, 4.69) is 5.32 Å². The molecule has 0 radical (unpaired) electrons. The highest BCUT2D eigenvalue weighted by Gasteiger charge is 2.53. The third-order valence-corrected chi connectivity index (χ3v) is 6.27. The maximum absolute atomic E-state index is 14.2. The Morgan fingerprint density at radius 3 is 2.48 bits per heavy atom. The number of aliphatic hydroxyl groups is 1. The van der Waals surface area contributed by atoms with Crippen molar-refractivity contribution in [2.24, 2.45) is 0 Å². The van der Waals surface area contributed by atoms with Crippen molar-refractivity contribution in [3.05, 3.63) is 65.5 Å². The van der Waals surface area contributed by atoms with E-state index in [1.54, 1.807) is 18.0 Å². The van der Waals surface area contributed by atoms with Gasteiger partial charge in [0.05, 0.1) is 23.2 Å². The van der Waals surface area contributed by atoms with E-state index in [9.17, 15) is 14.3 Å². The van der Waals surface area contributed by atoms with Crippen LogP contribution in [0.5, 0.6) is 0 Å². The van der Waals surface area contributed by atoms with Gasteiger partial charge in [-0.1, -0.05) is 55.7 Å². The summed E-state index contributed by atoms with van der Waals surface area (Å²) in [6.45, 7) is 0.334. The minimum atomic E-state index is -0.814. The lowest BCUT2D eigenvalue weighted by molar-refractivity contribution is -0.125. The van der Waals surface area contributed by atoms with Crippen molar-refractivity contribution >= 4 is 24.0 Å². The molecule has 1 fully saturated rings. The van der Waals surface area contributed by atoms with Gasteiger partial charge in [0.25, 0.3) is 0 Å². The van der Waals surface area contributed by atoms with Crippen LogP contribution in [0.2, 0.25) is 0 Å². The Morgan fingerprint density at radius 1 is 1.14 bits per heavy atom. The standard InChI is InChI=1S/C23H27FN2O2.ClH/c1-25-15-20(27)21(16-8-4-2-5-9-16)26-19-14-17(24)10-11-18(19)23(22(26)28)12-6-3-7-13-23;/h2,4-5,8-11,14,20-21,25,27H,3,6-7,12-13,15H2,1H3;1H/t20-,21+;/m1./s1. The number of aliphatic hydroxyl groups excluding tert-OH is 1. The van der Waals surface area contributed by atoms with Crippen LogP contribution in [0.3, 0.4) is 0 Å². The van der Waals surface area contributed by atoms with E-state index in [1.165, 1.54) is 12.1 Å². The Hall–Kier alpha value is -1.95. The summed E-state index contributed by atoms with van der Waals surface area (Å²) in [5, 5.41) is 14.0. The zero-order valence-corrected chi connectivity index (χ0v) is 17.4. The largest absolute Gasteiger partial charge is 0.389 e. The first-order valence-electron chi connectivity index (χ1n) is 10.1. The van der Waals surface area contributed by atoms with E-state index in [0.29, 0.717) is 12.2 Å². The molecule has 0 unspecified atom stereocenters. The summed E-state index contributed by atoms with van der Waals surface area (Å²) < 4.78 is 14.2. The quantitative estimate of drug-likeness (QED) is 0.768. The number of carbonyl (C=O) groups excluding carboxylic acids is 1. The van der Waals surface area contributed by atoms with Crippen LogP contribution in [0.1, 0.15) is 49.3 Å². The lowest BCUT2D eigenvalue weighted by Crippen LogP contribution is -2.47. The summed E-state index contributed by atoms with van der Waals surface area (Å²) in [6, 6.07) is 13.7. The van der Waals surface area contributed by atoms with Crippen molar-refractivity contribution in [1.82, 2.24) is 5.32 Å². The molecule has 4 nitrogen and oxygen atoms in total. The molecule has 1 amide bonds. The third kappa shape index (κ3) is 3.67. The number of carbonyl (C=O) groups is 1. The molecule has 2 aromatic rings. The van der Waals surface area contributed by atoms with Crippen LogP contribution in [0, 0.1) is 5.82 Å². The molecule has 1 heterocycles. The second kappa shape index (κ2) is 8.82. The summed E-state index contributed by atoms with van der Waals surface area (Å²) in [6.07, 6.45) is 3.86. The Bertz CT molecular complexity index is 855. The van der Waals surface area contributed by atoms with E-state index in [4.69, 9.17) is 0 Å². The van der Waals surface area contributed by atoms with Gasteiger partial charge in [0.1, 0.15) is 5.82 Å². The first kappa shape index (κ1) is 21.8. The molecular formula is C23H28ClFN2O2. The van der Waals surface area contributed by atoms with E-state index in [1.807, 2.05) is 30.3 Å². The lowest BCUT2D eigenvalue weighted by Gasteiger charge is -2.36. The minimum absolute atomic E-state index is 0. The Morgan fingerprint density at radius 2 is 1.83 bits per heavy atom. The van der Waals surface area contributed by atoms with Crippen LogP contribution in [-0.2, 0) is 10.2 Å². The van der Waals surface area contributed by atoms with Gasteiger partial charge in [-0.05, 0) is 43.1 Å². The van der Waals surface area contributed by atoms with Gasteiger partial charge in [-0.2, -0.15) is 0 Å². The highest BCUT2D eigenvalue weighted by Crippen LogP contribution is 2.52. The maximum atomic E-state index is 14.2. The number of benzene rings is 2. The van der Waals surface area contributed by atoms with Crippen molar-refractivity contribution in [3.63, 3.8) is 0 Å². The van der Waals surface area contributed by atoms with Gasteiger partial charge in [0.15, 0.2) is 0 Å². The van der Waals surface area contributed by atoms with Crippen LogP contribution >= 0.6 is 12.4 Å². The van der Waals surface area contributed by atoms with Gasteiger partial charge >= 0.3 is 0 Å². The van der Waals surface area contributed by atoms with E-state index in [0.717, 1.165) is 43.2 Å². The van der Waals surface area contributed by atoms with Gasteiger partial charge in [0.2, 0.25) is 5.91 Å². The first-order valence-corrected chi connectivity index (χ1v) is 10.1. The van der Waals surface area contributed by atoms with Crippen LogP contribution in [0.25, 0.3) is 0 Å². The molecule has 2 atom stereocenters. The highest BCUT2D eigenvalue weighted by molar-refractivity contribution is 6.08. The van der Waals surface area contributed by atoms with Crippen molar-refractivity contribution < 1.29 is 14.3 Å². The number of rotatable bonds is 5. The van der Waals surface area contributed by atoms with Crippen LogP contribution in [-0.4, -0.2) is 30.7 Å². The zero-order chi connectivity index (χ0) is 19.7. The number of likely N-dealkylation sites (N-methyl/N-ethyl adjacent to an activating group) is 1. The molecule has 0 bridgehead atoms. The van der Waals surface area contributed by atoms with Gasteiger partial charge in [-0.15, -0.1) is 12.4 Å². The lowest BCUT2D eigenvalue weighted by atomic mass is 9.70. The second-order valence-electron chi connectivity index (χ2n) is 7.96. The molecule has 1 spiro atoms. The molecule has 2 N–H and O–H groups in total. The number of nitrogens with one attached hydrogen (secondary N) is 1. The predicted molar refractivity (Wildman–Crippen MR) is 115 cm³/mol.